The van der Waals surface area contributed by atoms with Gasteiger partial charge in [0.05, 0.1) is 27.8 Å². The quantitative estimate of drug-likeness (QED) is 0.540. The molecule has 0 atom stereocenters. The number of nitrogens with zero attached hydrogens (tertiary/aromatic N) is 4. The number of carbonyl (C=O) groups is 2. The predicted molar refractivity (Wildman–Crippen MR) is 106 cm³/mol. The average Bonchev–Trinajstić information content (AvgIpc) is 2.96. The maximum atomic E-state index is 12.6. The van der Waals surface area contributed by atoms with Crippen LogP contribution in [0.1, 0.15) is 16.1 Å². The lowest BCUT2D eigenvalue weighted by Gasteiger charge is -2.15. The number of benzene rings is 1. The van der Waals surface area contributed by atoms with Gasteiger partial charge in [0.1, 0.15) is 0 Å². The number of hydrogen-bond acceptors (Lipinski definition) is 7. The lowest BCUT2D eigenvalue weighted by Crippen LogP contribution is -2.44. The molecule has 1 aromatic carbocycles. The molecule has 132 valence electrons. The molecule has 1 N–H and O–H groups in total. The van der Waals surface area contributed by atoms with Crippen molar-refractivity contribution in [3.05, 3.63) is 71.2 Å². The van der Waals surface area contributed by atoms with E-state index in [4.69, 9.17) is 12.2 Å². The second-order valence-electron chi connectivity index (χ2n) is 5.48. The van der Waals surface area contributed by atoms with Gasteiger partial charge < -0.3 is 0 Å². The first-order valence-corrected chi connectivity index (χ1v) is 9.05. The van der Waals surface area contributed by atoms with Crippen LogP contribution in [-0.2, 0) is 4.79 Å². The summed E-state index contributed by atoms with van der Waals surface area (Å²) in [5, 5.41) is 1.06. The van der Waals surface area contributed by atoms with Gasteiger partial charge in [-0.05, 0) is 42.6 Å². The van der Waals surface area contributed by atoms with Crippen molar-refractivity contribution in [3.63, 3.8) is 0 Å². The number of thioether (sulfide) groups is 1. The van der Waals surface area contributed by atoms with Gasteiger partial charge in [0, 0.05) is 18.0 Å². The van der Waals surface area contributed by atoms with Gasteiger partial charge in [0.2, 0.25) is 0 Å². The van der Waals surface area contributed by atoms with Crippen LogP contribution in [0.25, 0.3) is 17.1 Å². The molecule has 0 spiro atoms. The maximum Gasteiger partial charge on any atom is 0.285 e. The Labute approximate surface area is 163 Å². The van der Waals surface area contributed by atoms with Crippen LogP contribution >= 0.6 is 24.0 Å². The van der Waals surface area contributed by atoms with E-state index >= 15 is 0 Å². The minimum Gasteiger partial charge on any atom is -0.267 e. The Morgan fingerprint density at radius 2 is 1.89 bits per heavy atom. The molecule has 0 radical (unpaired) electrons. The zero-order chi connectivity index (χ0) is 18.8. The summed E-state index contributed by atoms with van der Waals surface area (Å²) in [5.41, 5.74) is 4.93. The highest BCUT2D eigenvalue weighted by molar-refractivity contribution is 8.26. The number of rotatable bonds is 3. The standard InChI is InChI=1S/C18H11N5O2S2/c24-16(11-5-7-19-8-6-11)22-23-17(25)15(27-18(23)26)9-12-10-20-13-3-1-2-4-14(13)21-12/h1-10H,(H,22,24)/b15-9+. The summed E-state index contributed by atoms with van der Waals surface area (Å²) in [7, 11) is 0. The third kappa shape index (κ3) is 3.55. The molecule has 3 heterocycles. The molecule has 2 amide bonds. The number of fused-ring (bicyclic) bond motifs is 1. The molecule has 1 aliphatic heterocycles. The van der Waals surface area contributed by atoms with Crippen molar-refractivity contribution in [3.8, 4) is 0 Å². The van der Waals surface area contributed by atoms with E-state index in [-0.39, 0.29) is 4.32 Å². The Balaban J connectivity index is 1.56. The Bertz CT molecular complexity index is 1100. The van der Waals surface area contributed by atoms with E-state index in [1.54, 1.807) is 24.4 Å². The van der Waals surface area contributed by atoms with Crippen LogP contribution in [0.15, 0.2) is 59.9 Å². The zero-order valence-electron chi connectivity index (χ0n) is 13.7. The first-order chi connectivity index (χ1) is 13.1. The average molecular weight is 393 g/mol. The SMILES string of the molecule is O=C(NN1C(=O)/C(=C\c2cnc3ccccc3n2)SC1=S)c1ccncc1. The number of amides is 2. The highest BCUT2D eigenvalue weighted by Crippen LogP contribution is 2.31. The minimum atomic E-state index is -0.444. The minimum absolute atomic E-state index is 0.238. The van der Waals surface area contributed by atoms with Crippen molar-refractivity contribution < 1.29 is 9.59 Å². The van der Waals surface area contributed by atoms with Gasteiger partial charge in [-0.15, -0.1) is 0 Å². The lowest BCUT2D eigenvalue weighted by atomic mass is 10.2. The molecule has 1 saturated heterocycles. The first-order valence-electron chi connectivity index (χ1n) is 7.82. The molecule has 2 aromatic heterocycles. The van der Waals surface area contributed by atoms with Gasteiger partial charge in [-0.1, -0.05) is 23.9 Å². The molecule has 1 aliphatic rings. The van der Waals surface area contributed by atoms with Crippen LogP contribution < -0.4 is 5.43 Å². The van der Waals surface area contributed by atoms with Gasteiger partial charge >= 0.3 is 0 Å². The third-order valence-electron chi connectivity index (χ3n) is 3.70. The molecule has 0 saturated carbocycles. The normalized spacial score (nSPS) is 15.6. The van der Waals surface area contributed by atoms with E-state index in [1.807, 2.05) is 24.3 Å². The lowest BCUT2D eigenvalue weighted by molar-refractivity contribution is -0.123. The number of thiocarbonyl (C=S) groups is 1. The number of para-hydroxylation sites is 2. The van der Waals surface area contributed by atoms with Crippen molar-refractivity contribution in [2.45, 2.75) is 0 Å². The number of aromatic nitrogens is 3. The summed E-state index contributed by atoms with van der Waals surface area (Å²) in [6.45, 7) is 0. The van der Waals surface area contributed by atoms with Gasteiger partial charge in [-0.25, -0.2) is 4.98 Å². The fraction of sp³-hybridized carbons (Fsp3) is 0. The smallest absolute Gasteiger partial charge is 0.267 e. The largest absolute Gasteiger partial charge is 0.285 e. The molecule has 27 heavy (non-hydrogen) atoms. The van der Waals surface area contributed by atoms with Crippen LogP contribution in [-0.4, -0.2) is 36.1 Å². The number of nitrogens with one attached hydrogen (secondary N) is 1. The summed E-state index contributed by atoms with van der Waals surface area (Å²) >= 11 is 6.31. The highest BCUT2D eigenvalue weighted by Gasteiger charge is 2.33. The van der Waals surface area contributed by atoms with E-state index in [2.05, 4.69) is 20.4 Å². The Morgan fingerprint density at radius 1 is 1.15 bits per heavy atom. The Kier molecular flexibility index (Phi) is 4.61. The Hall–Kier alpha value is -3.17. The second-order valence-corrected chi connectivity index (χ2v) is 7.15. The third-order valence-corrected chi connectivity index (χ3v) is 5.00. The zero-order valence-corrected chi connectivity index (χ0v) is 15.3. The van der Waals surface area contributed by atoms with Gasteiger partial charge in [0.15, 0.2) is 4.32 Å². The molecule has 4 rings (SSSR count). The summed E-state index contributed by atoms with van der Waals surface area (Å²) in [6, 6.07) is 10.6. The monoisotopic (exact) mass is 393 g/mol. The predicted octanol–water partition coefficient (Wildman–Crippen LogP) is 2.57. The molecular formula is C18H11N5O2S2. The van der Waals surface area contributed by atoms with Crippen LogP contribution in [0.5, 0.6) is 0 Å². The fourth-order valence-corrected chi connectivity index (χ4v) is 3.57. The van der Waals surface area contributed by atoms with E-state index in [1.165, 1.54) is 12.4 Å². The van der Waals surface area contributed by atoms with E-state index in [0.29, 0.717) is 16.2 Å². The van der Waals surface area contributed by atoms with Crippen molar-refractivity contribution in [1.82, 2.24) is 25.4 Å². The van der Waals surface area contributed by atoms with Crippen molar-refractivity contribution in [2.75, 3.05) is 0 Å². The highest BCUT2D eigenvalue weighted by atomic mass is 32.2. The molecule has 0 unspecified atom stereocenters. The van der Waals surface area contributed by atoms with E-state index in [0.717, 1.165) is 27.8 Å². The molecule has 9 heteroatoms. The van der Waals surface area contributed by atoms with Crippen molar-refractivity contribution in [1.29, 1.82) is 0 Å². The Morgan fingerprint density at radius 3 is 2.67 bits per heavy atom. The van der Waals surface area contributed by atoms with Crippen molar-refractivity contribution >= 4 is 57.2 Å². The van der Waals surface area contributed by atoms with Crippen molar-refractivity contribution in [2.24, 2.45) is 0 Å². The molecule has 0 aliphatic carbocycles. The summed E-state index contributed by atoms with van der Waals surface area (Å²) in [6.07, 6.45) is 6.19. The van der Waals surface area contributed by atoms with E-state index in [9.17, 15) is 9.59 Å². The van der Waals surface area contributed by atoms with Crippen LogP contribution in [0.3, 0.4) is 0 Å². The number of hydrazine groups is 1. The van der Waals surface area contributed by atoms with Crippen LogP contribution in [0, 0.1) is 0 Å². The van der Waals surface area contributed by atoms with Gasteiger partial charge in [-0.2, -0.15) is 5.01 Å². The maximum absolute atomic E-state index is 12.6. The topological polar surface area (TPSA) is 88.1 Å². The molecule has 0 bridgehead atoms. The van der Waals surface area contributed by atoms with Crippen LogP contribution in [0.2, 0.25) is 0 Å². The number of hydrogen-bond donors (Lipinski definition) is 1. The molecule has 3 aromatic rings. The number of carbonyl (C=O) groups excluding carboxylic acids is 2. The van der Waals surface area contributed by atoms with Gasteiger partial charge in [0.25, 0.3) is 11.8 Å². The van der Waals surface area contributed by atoms with Gasteiger partial charge in [-0.3, -0.25) is 25.0 Å². The molecule has 1 fully saturated rings. The van der Waals surface area contributed by atoms with E-state index < -0.39 is 11.8 Å². The summed E-state index contributed by atoms with van der Waals surface area (Å²) in [4.78, 5) is 37.9. The summed E-state index contributed by atoms with van der Waals surface area (Å²) in [5.74, 6) is -0.859. The van der Waals surface area contributed by atoms with Crippen LogP contribution in [0.4, 0.5) is 0 Å². The molecule has 7 nitrogen and oxygen atoms in total. The number of pyridine rings is 1. The second kappa shape index (κ2) is 7.22. The summed E-state index contributed by atoms with van der Waals surface area (Å²) < 4.78 is 0.238. The fourth-order valence-electron chi connectivity index (χ4n) is 2.41. The first kappa shape index (κ1) is 17.3. The molecular weight excluding hydrogens is 382 g/mol.